The Balaban J connectivity index is 1.56. The van der Waals surface area contributed by atoms with Gasteiger partial charge in [0, 0.05) is 28.2 Å². The first kappa shape index (κ1) is 33.7. The van der Waals surface area contributed by atoms with Crippen molar-refractivity contribution >= 4 is 23.2 Å². The van der Waals surface area contributed by atoms with Gasteiger partial charge in [0.1, 0.15) is 23.0 Å². The van der Waals surface area contributed by atoms with Crippen LogP contribution in [0.15, 0.2) is 187 Å². The zero-order valence-electron chi connectivity index (χ0n) is 29.0. The van der Waals surface area contributed by atoms with Crippen molar-refractivity contribution in [3.63, 3.8) is 0 Å². The van der Waals surface area contributed by atoms with E-state index in [-0.39, 0.29) is 5.78 Å². The summed E-state index contributed by atoms with van der Waals surface area (Å²) in [6.45, 7) is 0. The van der Waals surface area contributed by atoms with Gasteiger partial charge in [0.2, 0.25) is 0 Å². The highest BCUT2D eigenvalue weighted by Gasteiger charge is 2.37. The van der Waals surface area contributed by atoms with Gasteiger partial charge >= 0.3 is 0 Å². The molecule has 0 amide bonds. The lowest BCUT2D eigenvalue weighted by Gasteiger charge is -2.33. The van der Waals surface area contributed by atoms with Crippen LogP contribution in [0.25, 0.3) is 17.4 Å². The Bertz CT molecular complexity index is 2310. The molecule has 0 spiro atoms. The van der Waals surface area contributed by atoms with E-state index in [1.54, 1.807) is 14.2 Å². The Labute approximate surface area is 305 Å². The molecule has 4 heteroatoms. The summed E-state index contributed by atoms with van der Waals surface area (Å²) in [6.07, 6.45) is 1.92. The molecule has 6 aromatic carbocycles. The van der Waals surface area contributed by atoms with Crippen molar-refractivity contribution in [1.82, 2.24) is 0 Å². The van der Waals surface area contributed by atoms with Crippen LogP contribution in [0.5, 0.6) is 11.5 Å². The highest BCUT2D eigenvalue weighted by atomic mass is 16.5. The third-order valence-electron chi connectivity index (χ3n) is 8.91. The van der Waals surface area contributed by atoms with Crippen molar-refractivity contribution in [3.05, 3.63) is 220 Å². The van der Waals surface area contributed by atoms with Gasteiger partial charge in [0.05, 0.1) is 25.4 Å². The van der Waals surface area contributed by atoms with E-state index in [1.807, 2.05) is 164 Å². The summed E-state index contributed by atoms with van der Waals surface area (Å²) < 4.78 is 18.1. The fourth-order valence-electron chi connectivity index (χ4n) is 6.31. The van der Waals surface area contributed by atoms with Gasteiger partial charge in [-0.25, -0.2) is 0 Å². The monoisotopic (exact) mass is 676 g/mol. The van der Waals surface area contributed by atoms with E-state index in [2.05, 4.69) is 24.0 Å². The Morgan fingerprint density at radius 2 is 1.13 bits per heavy atom. The molecule has 0 N–H and O–H groups in total. The number of rotatable bonds is 9. The molecule has 252 valence electrons. The fraction of sp³-hybridized carbons (Fsp3) is 0.0625. The van der Waals surface area contributed by atoms with Crippen LogP contribution in [-0.4, -0.2) is 20.0 Å². The van der Waals surface area contributed by atoms with Gasteiger partial charge in [-0.1, -0.05) is 145 Å². The summed E-state index contributed by atoms with van der Waals surface area (Å²) >= 11 is 0. The quantitative estimate of drug-likeness (QED) is 0.0869. The average molecular weight is 677 g/mol. The van der Waals surface area contributed by atoms with Crippen molar-refractivity contribution in [3.8, 4) is 23.3 Å². The van der Waals surface area contributed by atoms with Gasteiger partial charge in [-0.3, -0.25) is 4.79 Å². The maximum atomic E-state index is 14.8. The summed E-state index contributed by atoms with van der Waals surface area (Å²) in [4.78, 5) is 14.8. The highest BCUT2D eigenvalue weighted by Crippen LogP contribution is 2.50. The van der Waals surface area contributed by atoms with Crippen molar-refractivity contribution < 1.29 is 19.0 Å². The summed E-state index contributed by atoms with van der Waals surface area (Å²) in [5.41, 5.74) is 7.01. The zero-order valence-corrected chi connectivity index (χ0v) is 29.0. The van der Waals surface area contributed by atoms with Crippen molar-refractivity contribution in [1.29, 1.82) is 0 Å². The second-order valence-electron chi connectivity index (χ2n) is 12.2. The van der Waals surface area contributed by atoms with Crippen LogP contribution >= 0.6 is 0 Å². The second kappa shape index (κ2) is 15.8. The first-order valence-electron chi connectivity index (χ1n) is 17.1. The average Bonchev–Trinajstić information content (AvgIpc) is 3.23. The summed E-state index contributed by atoms with van der Waals surface area (Å²) in [6, 6.07) is 55.1. The van der Waals surface area contributed by atoms with Crippen LogP contribution in [0.2, 0.25) is 0 Å². The lowest BCUT2D eigenvalue weighted by atomic mass is 9.76. The Hall–Kier alpha value is -6.83. The van der Waals surface area contributed by atoms with Crippen LogP contribution in [0.1, 0.15) is 44.1 Å². The van der Waals surface area contributed by atoms with Gasteiger partial charge < -0.3 is 14.2 Å². The summed E-state index contributed by atoms with van der Waals surface area (Å²) in [5, 5.41) is 0. The largest absolute Gasteiger partial charge is 0.497 e. The minimum absolute atomic E-state index is 0.155. The number of benzene rings is 6. The fourth-order valence-corrected chi connectivity index (χ4v) is 6.31. The van der Waals surface area contributed by atoms with E-state index in [0.29, 0.717) is 22.7 Å². The summed E-state index contributed by atoms with van der Waals surface area (Å²) in [5.74, 6) is 8.94. The van der Waals surface area contributed by atoms with Crippen molar-refractivity contribution in [2.24, 2.45) is 0 Å². The number of carbonyl (C=O) groups is 1. The maximum Gasteiger partial charge on any atom is 0.196 e. The van der Waals surface area contributed by atoms with E-state index in [4.69, 9.17) is 14.2 Å². The molecule has 0 aliphatic carbocycles. The number of allylic oxidation sites excluding steroid dienone is 3. The zero-order chi connectivity index (χ0) is 35.7. The smallest absolute Gasteiger partial charge is 0.196 e. The molecule has 0 bridgehead atoms. The van der Waals surface area contributed by atoms with Gasteiger partial charge in [0.25, 0.3) is 0 Å². The molecule has 6 aromatic rings. The number of hydrogen-bond acceptors (Lipinski definition) is 4. The lowest BCUT2D eigenvalue weighted by molar-refractivity contribution is 0.103. The molecule has 1 atom stereocenters. The normalized spacial score (nSPS) is 14.2. The van der Waals surface area contributed by atoms with Crippen LogP contribution < -0.4 is 9.47 Å². The number of ketones is 1. The van der Waals surface area contributed by atoms with E-state index < -0.39 is 5.92 Å². The Morgan fingerprint density at radius 3 is 1.73 bits per heavy atom. The van der Waals surface area contributed by atoms with Crippen LogP contribution in [0.3, 0.4) is 0 Å². The predicted octanol–water partition coefficient (Wildman–Crippen LogP) is 10.7. The van der Waals surface area contributed by atoms with Crippen molar-refractivity contribution in [2.75, 3.05) is 14.2 Å². The summed E-state index contributed by atoms with van der Waals surface area (Å²) in [7, 11) is 3.30. The number of methoxy groups -OCH3 is 2. The molecule has 0 fully saturated rings. The third kappa shape index (κ3) is 7.35. The van der Waals surface area contributed by atoms with E-state index in [1.165, 1.54) is 0 Å². The molecule has 52 heavy (non-hydrogen) atoms. The molecule has 0 unspecified atom stereocenters. The van der Waals surface area contributed by atoms with E-state index in [9.17, 15) is 4.79 Å². The molecule has 0 radical (unpaired) electrons. The topological polar surface area (TPSA) is 44.8 Å². The van der Waals surface area contributed by atoms with Crippen LogP contribution in [0, 0.1) is 11.8 Å². The molecule has 0 saturated carbocycles. The molecule has 1 heterocycles. The van der Waals surface area contributed by atoms with Gasteiger partial charge in [-0.15, -0.1) is 0 Å². The second-order valence-corrected chi connectivity index (χ2v) is 12.2. The minimum Gasteiger partial charge on any atom is -0.497 e. The molecule has 0 saturated heterocycles. The van der Waals surface area contributed by atoms with Gasteiger partial charge in [0.15, 0.2) is 5.78 Å². The van der Waals surface area contributed by atoms with Gasteiger partial charge in [-0.05, 0) is 59.2 Å². The number of carbonyl (C=O) groups excluding carboxylic acids is 1. The predicted molar refractivity (Wildman–Crippen MR) is 209 cm³/mol. The van der Waals surface area contributed by atoms with E-state index in [0.717, 1.165) is 50.5 Å². The first-order chi connectivity index (χ1) is 25.6. The minimum atomic E-state index is -0.415. The molecule has 4 nitrogen and oxygen atoms in total. The highest BCUT2D eigenvalue weighted by molar-refractivity contribution is 6.16. The number of hydrogen-bond donors (Lipinski definition) is 0. The molecule has 0 aromatic heterocycles. The Kier molecular flexibility index (Phi) is 10.2. The molecular weight excluding hydrogens is 641 g/mol. The van der Waals surface area contributed by atoms with Crippen molar-refractivity contribution in [2.45, 2.75) is 5.92 Å². The number of Topliss-reactive ketones (excluding diaryl/α,β-unsaturated/α-hetero) is 1. The SMILES string of the molecule is COc1ccc(C#CC2=C(c3ccccc3)OC(/C(=C\c3ccccc3)C(=O)c3ccccc3)=C(c3ccc(OC)cc3)[C@@H]2c2ccccc2)cc1. The van der Waals surface area contributed by atoms with Crippen LogP contribution in [0.4, 0.5) is 0 Å². The first-order valence-corrected chi connectivity index (χ1v) is 17.1. The lowest BCUT2D eigenvalue weighted by Crippen LogP contribution is -2.20. The molecule has 7 rings (SSSR count). The van der Waals surface area contributed by atoms with Gasteiger partial charge in [-0.2, -0.15) is 0 Å². The standard InChI is InChI=1S/C48H36O4/c1-50-40-28-23-34(24-29-40)25-32-42-44(36-17-9-4-10-18-36)45(37-26-30-41(51-2)31-27-37)48(52-47(42)39-21-13-6-14-22-39)43(33-35-15-7-3-8-16-35)46(49)38-19-11-5-12-20-38/h3-24,26-31,33,44H,1-2H3/b43-33-/t44-/m1/s1. The Morgan fingerprint density at radius 1 is 0.596 bits per heavy atom. The number of ether oxygens (including phenoxy) is 3. The molecular formula is C48H36O4. The third-order valence-corrected chi connectivity index (χ3v) is 8.91. The molecule has 1 aliphatic rings. The molecule has 1 aliphatic heterocycles. The van der Waals surface area contributed by atoms with Crippen LogP contribution in [-0.2, 0) is 4.74 Å². The van der Waals surface area contributed by atoms with E-state index >= 15 is 0 Å². The maximum absolute atomic E-state index is 14.8.